The van der Waals surface area contributed by atoms with Crippen LogP contribution in [0.3, 0.4) is 0 Å². The Morgan fingerprint density at radius 3 is 2.50 bits per heavy atom. The smallest absolute Gasteiger partial charge is 0.276 e. The van der Waals surface area contributed by atoms with E-state index in [1.54, 1.807) is 35.5 Å². The summed E-state index contributed by atoms with van der Waals surface area (Å²) in [6, 6.07) is 5.39. The molecule has 3 amide bonds. The van der Waals surface area contributed by atoms with Crippen molar-refractivity contribution in [3.05, 3.63) is 39.8 Å². The number of carbonyl (C=O) groups is 3. The number of hydrogen-bond donors (Lipinski definition) is 3. The molecule has 32 heavy (non-hydrogen) atoms. The van der Waals surface area contributed by atoms with E-state index in [1.165, 1.54) is 11.3 Å². The Balaban J connectivity index is 1.99. The molecule has 0 aliphatic rings. The van der Waals surface area contributed by atoms with Crippen LogP contribution in [0.4, 0.5) is 11.5 Å². The zero-order valence-electron chi connectivity index (χ0n) is 19.3. The molecule has 0 aliphatic carbocycles. The van der Waals surface area contributed by atoms with Crippen LogP contribution in [0.15, 0.2) is 23.6 Å². The van der Waals surface area contributed by atoms with Gasteiger partial charge in [0.1, 0.15) is 11.5 Å². The molecular formula is C23H29N5O3S. The van der Waals surface area contributed by atoms with Gasteiger partial charge in [-0.05, 0) is 37.5 Å². The third-order valence-corrected chi connectivity index (χ3v) is 5.65. The maximum absolute atomic E-state index is 12.8. The Labute approximate surface area is 191 Å². The fourth-order valence-corrected chi connectivity index (χ4v) is 3.93. The van der Waals surface area contributed by atoms with Crippen molar-refractivity contribution in [2.24, 2.45) is 5.41 Å². The number of aromatic amines is 1. The number of hydrogen-bond acceptors (Lipinski definition) is 5. The quantitative estimate of drug-likeness (QED) is 0.514. The second kappa shape index (κ2) is 9.12. The Morgan fingerprint density at radius 1 is 1.19 bits per heavy atom. The third-order valence-electron chi connectivity index (χ3n) is 4.88. The number of aryl methyl sites for hydroxylation is 1. The molecule has 1 aromatic carbocycles. The summed E-state index contributed by atoms with van der Waals surface area (Å²) in [6.45, 7) is 10.2. The molecule has 0 saturated carbocycles. The average molecular weight is 456 g/mol. The van der Waals surface area contributed by atoms with Gasteiger partial charge < -0.3 is 20.5 Å². The summed E-state index contributed by atoms with van der Waals surface area (Å²) in [7, 11) is 1.73. The van der Waals surface area contributed by atoms with Crippen LogP contribution in [-0.4, -0.2) is 41.3 Å². The van der Waals surface area contributed by atoms with Crippen LogP contribution in [0.25, 0.3) is 10.9 Å². The highest BCUT2D eigenvalue weighted by Crippen LogP contribution is 2.31. The Morgan fingerprint density at radius 2 is 1.91 bits per heavy atom. The normalized spacial score (nSPS) is 11.4. The Hall–Kier alpha value is -3.20. The van der Waals surface area contributed by atoms with Gasteiger partial charge in [0.2, 0.25) is 5.91 Å². The van der Waals surface area contributed by atoms with E-state index in [0.29, 0.717) is 46.6 Å². The zero-order valence-corrected chi connectivity index (χ0v) is 20.1. The summed E-state index contributed by atoms with van der Waals surface area (Å²) < 4.78 is 0. The van der Waals surface area contributed by atoms with Gasteiger partial charge in [-0.2, -0.15) is 0 Å². The maximum atomic E-state index is 12.8. The maximum Gasteiger partial charge on any atom is 0.276 e. The number of aromatic nitrogens is 2. The highest BCUT2D eigenvalue weighted by atomic mass is 32.1. The summed E-state index contributed by atoms with van der Waals surface area (Å²) in [5, 5.41) is 8.68. The van der Waals surface area contributed by atoms with E-state index in [9.17, 15) is 14.4 Å². The molecule has 0 aliphatic heterocycles. The lowest BCUT2D eigenvalue weighted by Gasteiger charge is -2.23. The molecule has 3 rings (SSSR count). The van der Waals surface area contributed by atoms with Crippen LogP contribution >= 0.6 is 11.3 Å². The van der Waals surface area contributed by atoms with Gasteiger partial charge in [0.25, 0.3) is 11.8 Å². The second-order valence-electron chi connectivity index (χ2n) is 8.86. The van der Waals surface area contributed by atoms with Crippen molar-refractivity contribution in [3.63, 3.8) is 0 Å². The largest absolute Gasteiger partial charge is 0.352 e. The molecule has 2 heterocycles. The van der Waals surface area contributed by atoms with Crippen LogP contribution in [0, 0.1) is 12.3 Å². The average Bonchev–Trinajstić information content (AvgIpc) is 3.28. The first-order valence-corrected chi connectivity index (χ1v) is 11.3. The van der Waals surface area contributed by atoms with E-state index in [-0.39, 0.29) is 17.2 Å². The van der Waals surface area contributed by atoms with E-state index in [4.69, 9.17) is 0 Å². The number of fused-ring (bicyclic) bond motifs is 1. The minimum absolute atomic E-state index is 0.000200. The Bertz CT molecular complexity index is 1170. The molecule has 0 unspecified atom stereocenters. The van der Waals surface area contributed by atoms with E-state index in [1.807, 2.05) is 34.6 Å². The lowest BCUT2D eigenvalue weighted by atomic mass is 9.91. The van der Waals surface area contributed by atoms with Crippen LogP contribution in [-0.2, 0) is 4.79 Å². The number of rotatable bonds is 6. The van der Waals surface area contributed by atoms with Gasteiger partial charge in [-0.15, -0.1) is 11.3 Å². The summed E-state index contributed by atoms with van der Waals surface area (Å²) in [4.78, 5) is 47.1. The van der Waals surface area contributed by atoms with E-state index in [0.717, 1.165) is 5.01 Å². The highest BCUT2D eigenvalue weighted by Gasteiger charge is 2.23. The molecule has 8 nitrogen and oxygen atoms in total. The molecule has 0 saturated heterocycles. The topological polar surface area (TPSA) is 107 Å². The van der Waals surface area contributed by atoms with Gasteiger partial charge in [0, 0.05) is 42.0 Å². The SMILES string of the molecule is CCNC(=O)c1c(NC(=O)c2csc(C)n2)[nH]c2cc(N(C)C(=O)CC(C)(C)C)ccc12. The molecule has 0 fully saturated rings. The molecule has 3 N–H and O–H groups in total. The summed E-state index contributed by atoms with van der Waals surface area (Å²) in [6.07, 6.45) is 0.408. The number of benzene rings is 1. The second-order valence-corrected chi connectivity index (χ2v) is 9.92. The van der Waals surface area contributed by atoms with Crippen LogP contribution < -0.4 is 15.5 Å². The summed E-state index contributed by atoms with van der Waals surface area (Å²) in [5.74, 6) is -0.403. The molecular weight excluding hydrogens is 426 g/mol. The van der Waals surface area contributed by atoms with Gasteiger partial charge in [0.15, 0.2) is 0 Å². The van der Waals surface area contributed by atoms with Gasteiger partial charge >= 0.3 is 0 Å². The predicted octanol–water partition coefficient (Wildman–Crippen LogP) is 4.33. The molecule has 170 valence electrons. The number of nitrogens with zero attached hydrogens (tertiary/aromatic N) is 2. The first-order valence-electron chi connectivity index (χ1n) is 10.4. The van der Waals surface area contributed by atoms with E-state index in [2.05, 4.69) is 20.6 Å². The molecule has 2 aromatic heterocycles. The van der Waals surface area contributed by atoms with Crippen molar-refractivity contribution in [2.75, 3.05) is 23.8 Å². The van der Waals surface area contributed by atoms with Crippen LogP contribution in [0.1, 0.15) is 60.0 Å². The number of thiazole rings is 1. The van der Waals surface area contributed by atoms with Gasteiger partial charge in [0.05, 0.1) is 10.6 Å². The number of H-pyrrole nitrogens is 1. The van der Waals surface area contributed by atoms with Crippen molar-refractivity contribution in [3.8, 4) is 0 Å². The predicted molar refractivity (Wildman–Crippen MR) is 129 cm³/mol. The first-order chi connectivity index (χ1) is 15.0. The number of amides is 3. The number of nitrogens with one attached hydrogen (secondary N) is 3. The molecule has 0 radical (unpaired) electrons. The summed E-state index contributed by atoms with van der Waals surface area (Å²) in [5.41, 5.74) is 1.85. The first kappa shape index (κ1) is 23.5. The number of anilines is 2. The highest BCUT2D eigenvalue weighted by molar-refractivity contribution is 7.09. The Kier molecular flexibility index (Phi) is 6.68. The van der Waals surface area contributed by atoms with Crippen molar-refractivity contribution in [2.45, 2.75) is 41.0 Å². The lowest BCUT2D eigenvalue weighted by Crippen LogP contribution is -2.29. The monoisotopic (exact) mass is 455 g/mol. The minimum Gasteiger partial charge on any atom is -0.352 e. The molecule has 3 aromatic rings. The minimum atomic E-state index is -0.399. The van der Waals surface area contributed by atoms with Gasteiger partial charge in [-0.3, -0.25) is 14.4 Å². The molecule has 0 bridgehead atoms. The molecule has 0 atom stereocenters. The third kappa shape index (κ3) is 5.16. The number of carbonyl (C=O) groups excluding carboxylic acids is 3. The zero-order chi connectivity index (χ0) is 23.6. The molecule has 9 heteroatoms. The fraction of sp³-hybridized carbons (Fsp3) is 0.391. The van der Waals surface area contributed by atoms with E-state index < -0.39 is 5.91 Å². The standard InChI is InChI=1S/C23H29N5O3S/c1-7-24-22(31)19-15-9-8-14(28(6)18(29)11-23(3,4)5)10-16(15)26-20(19)27-21(30)17-12-32-13(2)25-17/h8-10,12,26H,7,11H2,1-6H3,(H,24,31)(H,27,30). The molecule has 0 spiro atoms. The van der Waals surface area contributed by atoms with Crippen LogP contribution in [0.5, 0.6) is 0 Å². The fourth-order valence-electron chi connectivity index (χ4n) is 3.33. The summed E-state index contributed by atoms with van der Waals surface area (Å²) >= 11 is 1.38. The van der Waals surface area contributed by atoms with Crippen LogP contribution in [0.2, 0.25) is 0 Å². The lowest BCUT2D eigenvalue weighted by molar-refractivity contribution is -0.120. The van der Waals surface area contributed by atoms with Gasteiger partial charge in [-0.25, -0.2) is 4.98 Å². The van der Waals surface area contributed by atoms with Crippen molar-refractivity contribution >= 4 is 51.5 Å². The van der Waals surface area contributed by atoms with Crippen molar-refractivity contribution in [1.29, 1.82) is 0 Å². The van der Waals surface area contributed by atoms with Gasteiger partial charge in [-0.1, -0.05) is 20.8 Å². The van der Waals surface area contributed by atoms with E-state index >= 15 is 0 Å². The van der Waals surface area contributed by atoms with Crippen molar-refractivity contribution in [1.82, 2.24) is 15.3 Å². The van der Waals surface area contributed by atoms with Crippen molar-refractivity contribution < 1.29 is 14.4 Å².